The minimum atomic E-state index is 0.278. The van der Waals surface area contributed by atoms with Crippen molar-refractivity contribution >= 4 is 11.4 Å². The minimum absolute atomic E-state index is 0.278. The van der Waals surface area contributed by atoms with E-state index in [0.29, 0.717) is 0 Å². The lowest BCUT2D eigenvalue weighted by Crippen LogP contribution is -2.05. The number of hydrogen-bond acceptors (Lipinski definition) is 3. The zero-order chi connectivity index (χ0) is 12.1. The number of hydrogen-bond donors (Lipinski definition) is 3. The van der Waals surface area contributed by atoms with E-state index in [9.17, 15) is 5.11 Å². The first kappa shape index (κ1) is 11.3. The summed E-state index contributed by atoms with van der Waals surface area (Å²) < 4.78 is 0. The van der Waals surface area contributed by atoms with Gasteiger partial charge in [-0.1, -0.05) is 24.3 Å². The molecule has 0 aliphatic carbocycles. The van der Waals surface area contributed by atoms with Gasteiger partial charge in [-0.3, -0.25) is 0 Å². The maximum atomic E-state index is 9.57. The number of phenolic OH excluding ortho intramolecular Hbond substituents is 1. The van der Waals surface area contributed by atoms with Crippen LogP contribution < -0.4 is 11.1 Å². The van der Waals surface area contributed by atoms with E-state index in [0.717, 1.165) is 24.3 Å². The van der Waals surface area contributed by atoms with E-state index in [1.807, 2.05) is 36.4 Å². The molecule has 4 N–H and O–H groups in total. The Labute approximate surface area is 101 Å². The van der Waals surface area contributed by atoms with Gasteiger partial charge in [0.05, 0.1) is 5.69 Å². The van der Waals surface area contributed by atoms with Gasteiger partial charge < -0.3 is 16.2 Å². The van der Waals surface area contributed by atoms with Gasteiger partial charge in [-0.15, -0.1) is 0 Å². The molecule has 0 atom stereocenters. The fourth-order valence-electron chi connectivity index (χ4n) is 1.71. The van der Waals surface area contributed by atoms with Crippen molar-refractivity contribution in [2.24, 2.45) is 0 Å². The molecule has 0 heterocycles. The molecule has 88 valence electrons. The Morgan fingerprint density at radius 1 is 1.06 bits per heavy atom. The van der Waals surface area contributed by atoms with Gasteiger partial charge in [0.1, 0.15) is 5.75 Å². The monoisotopic (exact) mass is 228 g/mol. The molecular formula is C14H16N2O. The molecule has 0 aromatic heterocycles. The second-order valence-electron chi connectivity index (χ2n) is 3.94. The molecule has 3 nitrogen and oxygen atoms in total. The van der Waals surface area contributed by atoms with Crippen LogP contribution in [0.3, 0.4) is 0 Å². The number of nitrogens with one attached hydrogen (secondary N) is 1. The van der Waals surface area contributed by atoms with Gasteiger partial charge in [0.15, 0.2) is 0 Å². The predicted octanol–water partition coefficient (Wildman–Crippen LogP) is 2.63. The molecule has 0 aliphatic heterocycles. The number of nitrogens with two attached hydrogens (primary N) is 1. The molecule has 17 heavy (non-hydrogen) atoms. The first-order valence-corrected chi connectivity index (χ1v) is 5.62. The van der Waals surface area contributed by atoms with Crippen molar-refractivity contribution in [2.45, 2.75) is 6.42 Å². The Kier molecular flexibility index (Phi) is 3.50. The van der Waals surface area contributed by atoms with Crippen molar-refractivity contribution < 1.29 is 5.11 Å². The molecule has 0 aliphatic rings. The number of anilines is 2. The molecule has 2 rings (SSSR count). The lowest BCUT2D eigenvalue weighted by Gasteiger charge is -2.08. The Morgan fingerprint density at radius 3 is 2.65 bits per heavy atom. The molecule has 0 bridgehead atoms. The van der Waals surface area contributed by atoms with Crippen molar-refractivity contribution in [3.8, 4) is 5.75 Å². The Bertz CT molecular complexity index is 497. The summed E-state index contributed by atoms with van der Waals surface area (Å²) in [6.45, 7) is 0.765. The Balaban J connectivity index is 1.90. The summed E-state index contributed by atoms with van der Waals surface area (Å²) >= 11 is 0. The van der Waals surface area contributed by atoms with Crippen molar-refractivity contribution in [1.82, 2.24) is 0 Å². The van der Waals surface area contributed by atoms with Gasteiger partial charge in [0, 0.05) is 12.2 Å². The topological polar surface area (TPSA) is 58.3 Å². The van der Waals surface area contributed by atoms with Crippen LogP contribution in [-0.4, -0.2) is 11.7 Å². The molecule has 2 aromatic rings. The second kappa shape index (κ2) is 5.25. The number of aromatic hydroxyl groups is 1. The molecule has 0 spiro atoms. The van der Waals surface area contributed by atoms with Gasteiger partial charge in [-0.2, -0.15) is 0 Å². The Morgan fingerprint density at radius 2 is 1.88 bits per heavy atom. The quantitative estimate of drug-likeness (QED) is 0.557. The lowest BCUT2D eigenvalue weighted by molar-refractivity contribution is 0.477. The lowest BCUT2D eigenvalue weighted by atomic mass is 10.1. The molecule has 0 amide bonds. The SMILES string of the molecule is Nc1cccc(CCNc2ccccc2O)c1. The molecule has 0 fully saturated rings. The van der Waals surface area contributed by atoms with Crippen molar-refractivity contribution in [2.75, 3.05) is 17.6 Å². The second-order valence-corrected chi connectivity index (χ2v) is 3.94. The van der Waals surface area contributed by atoms with E-state index >= 15 is 0 Å². The van der Waals surface area contributed by atoms with Gasteiger partial charge in [0.2, 0.25) is 0 Å². The van der Waals surface area contributed by atoms with Crippen molar-refractivity contribution in [3.63, 3.8) is 0 Å². The van der Waals surface area contributed by atoms with Crippen LogP contribution in [0.15, 0.2) is 48.5 Å². The molecule has 0 unspecified atom stereocenters. The summed E-state index contributed by atoms with van der Waals surface area (Å²) in [7, 11) is 0. The highest BCUT2D eigenvalue weighted by Gasteiger charge is 1.98. The minimum Gasteiger partial charge on any atom is -0.506 e. The number of phenols is 1. The van der Waals surface area contributed by atoms with Crippen LogP contribution in [-0.2, 0) is 6.42 Å². The zero-order valence-corrected chi connectivity index (χ0v) is 9.56. The first-order valence-electron chi connectivity index (χ1n) is 5.62. The van der Waals surface area contributed by atoms with Crippen LogP contribution in [0, 0.1) is 0 Å². The van der Waals surface area contributed by atoms with Crippen LogP contribution in [0.25, 0.3) is 0 Å². The predicted molar refractivity (Wildman–Crippen MR) is 71.2 cm³/mol. The van der Waals surface area contributed by atoms with Gasteiger partial charge in [-0.05, 0) is 36.2 Å². The van der Waals surface area contributed by atoms with Crippen LogP contribution in [0.5, 0.6) is 5.75 Å². The summed E-state index contributed by atoms with van der Waals surface area (Å²) in [6, 6.07) is 15.1. The highest BCUT2D eigenvalue weighted by molar-refractivity contribution is 5.55. The number of para-hydroxylation sites is 2. The molecule has 0 saturated carbocycles. The molecule has 0 saturated heterocycles. The van der Waals surface area contributed by atoms with E-state index in [2.05, 4.69) is 5.32 Å². The highest BCUT2D eigenvalue weighted by Crippen LogP contribution is 2.21. The van der Waals surface area contributed by atoms with Crippen molar-refractivity contribution in [3.05, 3.63) is 54.1 Å². The summed E-state index contributed by atoms with van der Waals surface area (Å²) in [4.78, 5) is 0. The first-order chi connectivity index (χ1) is 8.25. The van der Waals surface area contributed by atoms with Crippen LogP contribution in [0.1, 0.15) is 5.56 Å². The highest BCUT2D eigenvalue weighted by atomic mass is 16.3. The van der Waals surface area contributed by atoms with Crippen LogP contribution in [0.4, 0.5) is 11.4 Å². The van der Waals surface area contributed by atoms with Crippen molar-refractivity contribution in [1.29, 1.82) is 0 Å². The largest absolute Gasteiger partial charge is 0.506 e. The molecular weight excluding hydrogens is 212 g/mol. The fourth-order valence-corrected chi connectivity index (χ4v) is 1.71. The van der Waals surface area contributed by atoms with Gasteiger partial charge in [-0.25, -0.2) is 0 Å². The molecule has 3 heteroatoms. The molecule has 0 radical (unpaired) electrons. The summed E-state index contributed by atoms with van der Waals surface area (Å²) in [5.74, 6) is 0.278. The summed E-state index contributed by atoms with van der Waals surface area (Å²) in [5.41, 5.74) is 8.44. The van der Waals surface area contributed by atoms with E-state index in [1.165, 1.54) is 5.56 Å². The van der Waals surface area contributed by atoms with E-state index in [1.54, 1.807) is 12.1 Å². The van der Waals surface area contributed by atoms with E-state index in [4.69, 9.17) is 5.73 Å². The average Bonchev–Trinajstić information content (AvgIpc) is 2.32. The van der Waals surface area contributed by atoms with E-state index < -0.39 is 0 Å². The third-order valence-corrected chi connectivity index (χ3v) is 2.58. The molecule has 2 aromatic carbocycles. The maximum Gasteiger partial charge on any atom is 0.138 e. The summed E-state index contributed by atoms with van der Waals surface area (Å²) in [5, 5.41) is 12.8. The zero-order valence-electron chi connectivity index (χ0n) is 9.56. The third-order valence-electron chi connectivity index (χ3n) is 2.58. The normalized spacial score (nSPS) is 10.1. The maximum absolute atomic E-state index is 9.57. The fraction of sp³-hybridized carbons (Fsp3) is 0.143. The number of rotatable bonds is 4. The third kappa shape index (κ3) is 3.14. The van der Waals surface area contributed by atoms with Gasteiger partial charge >= 0.3 is 0 Å². The number of nitrogen functional groups attached to an aromatic ring is 1. The number of benzene rings is 2. The van der Waals surface area contributed by atoms with Gasteiger partial charge in [0.25, 0.3) is 0 Å². The average molecular weight is 228 g/mol. The smallest absolute Gasteiger partial charge is 0.138 e. The van der Waals surface area contributed by atoms with Crippen LogP contribution >= 0.6 is 0 Å². The standard InChI is InChI=1S/C14H16N2O/c15-12-5-3-4-11(10-12)8-9-16-13-6-1-2-7-14(13)17/h1-7,10,16-17H,8-9,15H2. The van der Waals surface area contributed by atoms with Crippen LogP contribution in [0.2, 0.25) is 0 Å². The summed E-state index contributed by atoms with van der Waals surface area (Å²) in [6.07, 6.45) is 0.874. The van der Waals surface area contributed by atoms with E-state index in [-0.39, 0.29) is 5.75 Å². The Hall–Kier alpha value is -2.16.